The zero-order valence-corrected chi connectivity index (χ0v) is 20.3. The molecule has 9 heteroatoms. The first-order chi connectivity index (χ1) is 15.4. The molecular formula is C24H35N5O4. The Bertz CT molecular complexity index is 1120. The number of amides is 2. The molecule has 1 heterocycles. The van der Waals surface area contributed by atoms with Crippen molar-refractivity contribution in [1.82, 2.24) is 9.55 Å². The number of nitrogens with one attached hydrogen (secondary N) is 2. The van der Waals surface area contributed by atoms with Gasteiger partial charge >= 0.3 is 5.69 Å². The van der Waals surface area contributed by atoms with Crippen LogP contribution in [0, 0.1) is 11.3 Å². The van der Waals surface area contributed by atoms with Crippen molar-refractivity contribution in [2.45, 2.75) is 60.9 Å². The molecule has 33 heavy (non-hydrogen) atoms. The van der Waals surface area contributed by atoms with E-state index in [0.717, 1.165) is 6.42 Å². The number of nitrogens with two attached hydrogens (primary N) is 1. The summed E-state index contributed by atoms with van der Waals surface area (Å²) in [5.41, 5.74) is 5.06. The zero-order chi connectivity index (χ0) is 24.9. The van der Waals surface area contributed by atoms with Gasteiger partial charge in [-0.1, -0.05) is 54.0 Å². The van der Waals surface area contributed by atoms with Crippen molar-refractivity contribution in [2.75, 3.05) is 22.5 Å². The summed E-state index contributed by atoms with van der Waals surface area (Å²) in [5.74, 6) is -0.565. The van der Waals surface area contributed by atoms with Crippen LogP contribution in [0.15, 0.2) is 33.9 Å². The van der Waals surface area contributed by atoms with Crippen molar-refractivity contribution in [2.24, 2.45) is 11.3 Å². The van der Waals surface area contributed by atoms with E-state index in [2.05, 4.69) is 10.3 Å². The van der Waals surface area contributed by atoms with Crippen molar-refractivity contribution < 1.29 is 9.59 Å². The molecule has 4 N–H and O–H groups in total. The van der Waals surface area contributed by atoms with Gasteiger partial charge in [0.25, 0.3) is 11.5 Å². The van der Waals surface area contributed by atoms with Gasteiger partial charge in [0.2, 0.25) is 5.91 Å². The molecule has 0 spiro atoms. The van der Waals surface area contributed by atoms with E-state index in [-0.39, 0.29) is 29.9 Å². The molecule has 0 aliphatic carbocycles. The highest BCUT2D eigenvalue weighted by Gasteiger charge is 2.26. The number of nitrogen functional groups attached to an aromatic ring is 1. The number of aromatic nitrogens is 2. The average molecular weight is 458 g/mol. The third-order valence-corrected chi connectivity index (χ3v) is 5.06. The van der Waals surface area contributed by atoms with Gasteiger partial charge in [0.15, 0.2) is 5.69 Å². The Balaban J connectivity index is 2.54. The summed E-state index contributed by atoms with van der Waals surface area (Å²) < 4.78 is 1.29. The largest absolute Gasteiger partial charge is 0.383 e. The number of anilines is 3. The van der Waals surface area contributed by atoms with Gasteiger partial charge in [0.05, 0.1) is 0 Å². The van der Waals surface area contributed by atoms with E-state index >= 15 is 0 Å². The lowest BCUT2D eigenvalue weighted by Gasteiger charge is -2.25. The highest BCUT2D eigenvalue weighted by molar-refractivity contribution is 6.08. The van der Waals surface area contributed by atoms with Crippen LogP contribution in [0.25, 0.3) is 0 Å². The molecule has 9 nitrogen and oxygen atoms in total. The number of hydrogen-bond acceptors (Lipinski definition) is 5. The van der Waals surface area contributed by atoms with Crippen molar-refractivity contribution in [3.05, 3.63) is 50.7 Å². The molecule has 0 aliphatic rings. The van der Waals surface area contributed by atoms with Crippen molar-refractivity contribution in [3.8, 4) is 0 Å². The minimum absolute atomic E-state index is 0.0425. The Kier molecular flexibility index (Phi) is 8.24. The second kappa shape index (κ2) is 10.5. The molecule has 0 radical (unpaired) electrons. The number of H-pyrrole nitrogens is 1. The van der Waals surface area contributed by atoms with E-state index in [1.165, 1.54) is 9.47 Å². The summed E-state index contributed by atoms with van der Waals surface area (Å²) >= 11 is 0. The topological polar surface area (TPSA) is 130 Å². The SMILES string of the molecule is CCCCN(C(=O)c1cccc(NC(=O)C(C)(C)C)c1)c1c(N)n(CC(C)C)c(=O)[nH]c1=O. The van der Waals surface area contributed by atoms with Crippen LogP contribution in [0.2, 0.25) is 0 Å². The fourth-order valence-electron chi connectivity index (χ4n) is 3.22. The van der Waals surface area contributed by atoms with Crippen LogP contribution in [0.3, 0.4) is 0 Å². The van der Waals surface area contributed by atoms with Gasteiger partial charge in [0, 0.05) is 29.8 Å². The van der Waals surface area contributed by atoms with Crippen molar-refractivity contribution >= 4 is 29.0 Å². The smallest absolute Gasteiger partial charge is 0.330 e. The van der Waals surface area contributed by atoms with Crippen molar-refractivity contribution in [3.63, 3.8) is 0 Å². The molecule has 1 aromatic heterocycles. The summed E-state index contributed by atoms with van der Waals surface area (Å²) in [6.45, 7) is 11.8. The number of benzene rings is 1. The number of aromatic amines is 1. The molecule has 0 aliphatic heterocycles. The van der Waals surface area contributed by atoms with Gasteiger partial charge in [0.1, 0.15) is 5.82 Å². The number of carbonyl (C=O) groups is 2. The lowest BCUT2D eigenvalue weighted by atomic mass is 9.95. The molecule has 0 saturated heterocycles. The van der Waals surface area contributed by atoms with Gasteiger partial charge in [-0.15, -0.1) is 0 Å². The van der Waals surface area contributed by atoms with E-state index < -0.39 is 22.6 Å². The first kappa shape index (κ1) is 25.9. The Labute approximate surface area is 194 Å². The lowest BCUT2D eigenvalue weighted by molar-refractivity contribution is -0.123. The maximum absolute atomic E-state index is 13.5. The number of carbonyl (C=O) groups excluding carboxylic acids is 2. The highest BCUT2D eigenvalue weighted by atomic mass is 16.2. The molecule has 2 aromatic rings. The van der Waals surface area contributed by atoms with Crippen LogP contribution in [0.1, 0.15) is 64.7 Å². The normalized spacial score (nSPS) is 11.5. The number of unbranched alkanes of at least 4 members (excludes halogenated alkanes) is 1. The van der Waals surface area contributed by atoms with Gasteiger partial charge < -0.3 is 16.0 Å². The predicted octanol–water partition coefficient (Wildman–Crippen LogP) is 3.21. The van der Waals surface area contributed by atoms with Gasteiger partial charge in [-0.25, -0.2) is 4.79 Å². The zero-order valence-electron chi connectivity index (χ0n) is 20.3. The quantitative estimate of drug-likeness (QED) is 0.560. The van der Waals surface area contributed by atoms with Gasteiger partial charge in [-0.3, -0.25) is 23.9 Å². The molecule has 0 atom stereocenters. The maximum atomic E-state index is 13.5. The number of nitrogens with zero attached hydrogens (tertiary/aromatic N) is 2. The van der Waals surface area contributed by atoms with E-state index in [1.807, 2.05) is 20.8 Å². The Morgan fingerprint density at radius 1 is 1.21 bits per heavy atom. The molecule has 2 rings (SSSR count). The monoisotopic (exact) mass is 457 g/mol. The minimum Gasteiger partial charge on any atom is -0.383 e. The minimum atomic E-state index is -0.709. The molecule has 0 saturated carbocycles. The fraction of sp³-hybridized carbons (Fsp3) is 0.500. The van der Waals surface area contributed by atoms with Crippen LogP contribution in [-0.4, -0.2) is 27.9 Å². The van der Waals surface area contributed by atoms with Crippen LogP contribution >= 0.6 is 0 Å². The third kappa shape index (κ3) is 6.34. The molecule has 1 aromatic carbocycles. The third-order valence-electron chi connectivity index (χ3n) is 5.06. The summed E-state index contributed by atoms with van der Waals surface area (Å²) in [6.07, 6.45) is 1.42. The van der Waals surface area contributed by atoms with Crippen LogP contribution in [-0.2, 0) is 11.3 Å². The van der Waals surface area contributed by atoms with Crippen LogP contribution in [0.4, 0.5) is 17.2 Å². The molecule has 0 bridgehead atoms. The standard InChI is InChI=1S/C24H35N5O4/c1-7-8-12-28(18-19(25)29(14-15(2)3)23(33)27-20(18)30)21(31)16-10-9-11-17(13-16)26-22(32)24(4,5)6/h9-11,13,15H,7-8,12,14,25H2,1-6H3,(H,26,32)(H,27,30,33). The maximum Gasteiger partial charge on any atom is 0.330 e. The van der Waals surface area contributed by atoms with Crippen LogP contribution < -0.4 is 27.2 Å². The van der Waals surface area contributed by atoms with Gasteiger partial charge in [-0.2, -0.15) is 0 Å². The fourth-order valence-corrected chi connectivity index (χ4v) is 3.22. The van der Waals surface area contributed by atoms with Crippen LogP contribution in [0.5, 0.6) is 0 Å². The highest BCUT2D eigenvalue weighted by Crippen LogP contribution is 2.23. The molecular weight excluding hydrogens is 422 g/mol. The van der Waals surface area contributed by atoms with Crippen molar-refractivity contribution in [1.29, 1.82) is 0 Å². The van der Waals surface area contributed by atoms with E-state index in [1.54, 1.807) is 45.0 Å². The first-order valence-corrected chi connectivity index (χ1v) is 11.2. The molecule has 0 unspecified atom stereocenters. The van der Waals surface area contributed by atoms with E-state index in [0.29, 0.717) is 24.2 Å². The Morgan fingerprint density at radius 3 is 2.45 bits per heavy atom. The molecule has 2 amide bonds. The summed E-state index contributed by atoms with van der Waals surface area (Å²) in [4.78, 5) is 54.6. The number of hydrogen-bond donors (Lipinski definition) is 3. The molecule has 180 valence electrons. The van der Waals surface area contributed by atoms with E-state index in [4.69, 9.17) is 5.73 Å². The predicted molar refractivity (Wildman–Crippen MR) is 132 cm³/mol. The summed E-state index contributed by atoms with van der Waals surface area (Å²) in [7, 11) is 0. The summed E-state index contributed by atoms with van der Waals surface area (Å²) in [5, 5.41) is 2.81. The first-order valence-electron chi connectivity index (χ1n) is 11.2. The second-order valence-electron chi connectivity index (χ2n) is 9.59. The van der Waals surface area contributed by atoms with E-state index in [9.17, 15) is 19.2 Å². The summed E-state index contributed by atoms with van der Waals surface area (Å²) in [6, 6.07) is 6.54. The Morgan fingerprint density at radius 2 is 1.88 bits per heavy atom. The average Bonchev–Trinajstić information content (AvgIpc) is 2.72. The Hall–Kier alpha value is -3.36. The second-order valence-corrected chi connectivity index (χ2v) is 9.59. The van der Waals surface area contributed by atoms with Gasteiger partial charge in [-0.05, 0) is 30.5 Å². The lowest BCUT2D eigenvalue weighted by Crippen LogP contribution is -2.42. The number of rotatable bonds is 8. The molecule has 0 fully saturated rings.